The second kappa shape index (κ2) is 6.73. The molecule has 0 aromatic heterocycles. The molecular weight excluding hydrogens is 311 g/mol. The summed E-state index contributed by atoms with van der Waals surface area (Å²) < 4.78 is 13.2. The third kappa shape index (κ3) is 2.82. The van der Waals surface area contributed by atoms with Crippen LogP contribution in [-0.4, -0.2) is 53.0 Å². The Morgan fingerprint density at radius 2 is 1.92 bits per heavy atom. The van der Waals surface area contributed by atoms with Gasteiger partial charge in [-0.05, 0) is 43.4 Å². The number of aliphatic hydroxyl groups is 1. The molecule has 0 bridgehead atoms. The quantitative estimate of drug-likeness (QED) is 0.852. The van der Waals surface area contributed by atoms with E-state index in [1.165, 1.54) is 29.2 Å². The number of amides is 2. The van der Waals surface area contributed by atoms with E-state index in [2.05, 4.69) is 0 Å². The van der Waals surface area contributed by atoms with Crippen LogP contribution in [0.5, 0.6) is 0 Å². The second-order valence-electron chi connectivity index (χ2n) is 6.22. The van der Waals surface area contributed by atoms with Gasteiger partial charge >= 0.3 is 0 Å². The molecule has 1 unspecified atom stereocenters. The number of carbonyl (C=O) groups is 2. The number of likely N-dealkylation sites (tertiary alicyclic amines) is 1. The van der Waals surface area contributed by atoms with Gasteiger partial charge < -0.3 is 10.0 Å². The second-order valence-corrected chi connectivity index (χ2v) is 6.22. The molecule has 0 aliphatic carbocycles. The summed E-state index contributed by atoms with van der Waals surface area (Å²) in [6, 6.07) is 5.64. The molecule has 5 nitrogen and oxygen atoms in total. The summed E-state index contributed by atoms with van der Waals surface area (Å²) in [5.41, 5.74) is 1.26. The number of piperidine rings is 1. The lowest BCUT2D eigenvalue weighted by atomic mass is 9.97. The fraction of sp³-hybridized carbons (Fsp3) is 0.444. The monoisotopic (exact) mass is 332 g/mol. The van der Waals surface area contributed by atoms with E-state index < -0.39 is 0 Å². The molecule has 1 fully saturated rings. The van der Waals surface area contributed by atoms with Gasteiger partial charge in [0, 0.05) is 26.2 Å². The summed E-state index contributed by atoms with van der Waals surface area (Å²) in [7, 11) is 0. The summed E-state index contributed by atoms with van der Waals surface area (Å²) >= 11 is 0. The number of benzene rings is 1. The van der Waals surface area contributed by atoms with Crippen LogP contribution in [0.25, 0.3) is 5.57 Å². The predicted octanol–water partition coefficient (Wildman–Crippen LogP) is 1.63. The van der Waals surface area contributed by atoms with Crippen LogP contribution in [0.15, 0.2) is 30.0 Å². The lowest BCUT2D eigenvalue weighted by molar-refractivity contribution is -0.137. The van der Waals surface area contributed by atoms with Gasteiger partial charge in [0.15, 0.2) is 0 Å². The summed E-state index contributed by atoms with van der Waals surface area (Å²) in [5, 5.41) is 9.43. The van der Waals surface area contributed by atoms with Gasteiger partial charge in [-0.3, -0.25) is 14.5 Å². The largest absolute Gasteiger partial charge is 0.396 e. The minimum Gasteiger partial charge on any atom is -0.396 e. The molecule has 2 aliphatic heterocycles. The Balaban J connectivity index is 2.06. The van der Waals surface area contributed by atoms with Crippen molar-refractivity contribution in [1.82, 2.24) is 9.80 Å². The van der Waals surface area contributed by atoms with E-state index in [9.17, 15) is 19.1 Å². The molecule has 2 aliphatic rings. The first-order valence-electron chi connectivity index (χ1n) is 8.29. The first-order valence-corrected chi connectivity index (χ1v) is 8.29. The molecule has 0 radical (unpaired) electrons. The third-order valence-electron chi connectivity index (χ3n) is 4.69. The number of rotatable bonds is 4. The Morgan fingerprint density at radius 3 is 2.54 bits per heavy atom. The zero-order chi connectivity index (χ0) is 17.3. The van der Waals surface area contributed by atoms with Gasteiger partial charge in [-0.2, -0.15) is 0 Å². The van der Waals surface area contributed by atoms with E-state index in [4.69, 9.17) is 0 Å². The Morgan fingerprint density at radius 1 is 1.21 bits per heavy atom. The van der Waals surface area contributed by atoms with Gasteiger partial charge in [0.1, 0.15) is 11.5 Å². The molecule has 0 saturated carbocycles. The number of aliphatic hydroxyl groups excluding tert-OH is 1. The lowest BCUT2D eigenvalue weighted by Crippen LogP contribution is -2.40. The van der Waals surface area contributed by atoms with E-state index in [0.29, 0.717) is 36.5 Å². The van der Waals surface area contributed by atoms with Gasteiger partial charge in [0.2, 0.25) is 0 Å². The van der Waals surface area contributed by atoms with Gasteiger partial charge in [-0.15, -0.1) is 0 Å². The molecule has 24 heavy (non-hydrogen) atoms. The van der Waals surface area contributed by atoms with Gasteiger partial charge in [0.05, 0.1) is 5.57 Å². The van der Waals surface area contributed by atoms with Crippen molar-refractivity contribution in [1.29, 1.82) is 0 Å². The van der Waals surface area contributed by atoms with Crippen LogP contribution in [0.3, 0.4) is 0 Å². The molecule has 1 atom stereocenters. The molecule has 0 spiro atoms. The van der Waals surface area contributed by atoms with Crippen LogP contribution in [0.4, 0.5) is 4.39 Å². The summed E-state index contributed by atoms with van der Waals surface area (Å²) in [6.45, 7) is 3.34. The highest BCUT2D eigenvalue weighted by Crippen LogP contribution is 2.33. The Bertz CT molecular complexity index is 684. The molecule has 6 heteroatoms. The predicted molar refractivity (Wildman–Crippen MR) is 87.1 cm³/mol. The molecule has 128 valence electrons. The SMILES string of the molecule is CCN1C(=O)C(c2ccc(F)cc2)=C(N2CCCC(CO)C2)C1=O. The minimum atomic E-state index is -0.386. The van der Waals surface area contributed by atoms with E-state index in [-0.39, 0.29) is 30.2 Å². The highest BCUT2D eigenvalue weighted by atomic mass is 19.1. The van der Waals surface area contributed by atoms with Crippen LogP contribution < -0.4 is 0 Å². The standard InChI is InChI=1S/C18H21FN2O3/c1-2-21-17(23)15(13-5-7-14(19)8-6-13)16(18(21)24)20-9-3-4-12(10-20)11-22/h5-8,12,22H,2-4,9-11H2,1H3. The summed E-state index contributed by atoms with van der Waals surface area (Å²) in [4.78, 5) is 28.6. The Labute approximate surface area is 140 Å². The number of hydrogen-bond acceptors (Lipinski definition) is 4. The van der Waals surface area contributed by atoms with Crippen molar-refractivity contribution in [2.45, 2.75) is 19.8 Å². The van der Waals surface area contributed by atoms with Crippen molar-refractivity contribution in [2.75, 3.05) is 26.2 Å². The van der Waals surface area contributed by atoms with Gasteiger partial charge in [-0.1, -0.05) is 12.1 Å². The highest BCUT2D eigenvalue weighted by molar-refractivity contribution is 6.35. The molecule has 3 rings (SSSR count). The normalized spacial score (nSPS) is 21.9. The maximum absolute atomic E-state index is 13.2. The van der Waals surface area contributed by atoms with Crippen LogP contribution >= 0.6 is 0 Å². The van der Waals surface area contributed by atoms with E-state index in [1.807, 2.05) is 4.90 Å². The first kappa shape index (κ1) is 16.6. The van der Waals surface area contributed by atoms with Crippen molar-refractivity contribution < 1.29 is 19.1 Å². The molecule has 1 aromatic rings. The number of likely N-dealkylation sites (N-methyl/N-ethyl adjacent to an activating group) is 1. The molecule has 1 aromatic carbocycles. The van der Waals surface area contributed by atoms with E-state index in [0.717, 1.165) is 12.8 Å². The maximum atomic E-state index is 13.2. The van der Waals surface area contributed by atoms with Crippen LogP contribution in [0.2, 0.25) is 0 Å². The Hall–Kier alpha value is -2.21. The number of halogens is 1. The zero-order valence-corrected chi connectivity index (χ0v) is 13.7. The first-order chi connectivity index (χ1) is 11.6. The zero-order valence-electron chi connectivity index (χ0n) is 13.7. The molecule has 2 amide bonds. The van der Waals surface area contributed by atoms with Gasteiger partial charge in [-0.25, -0.2) is 4.39 Å². The molecule has 1 saturated heterocycles. The van der Waals surface area contributed by atoms with E-state index in [1.54, 1.807) is 6.92 Å². The average Bonchev–Trinajstić information content (AvgIpc) is 2.85. The molecule has 1 N–H and O–H groups in total. The molecule has 2 heterocycles. The van der Waals surface area contributed by atoms with Gasteiger partial charge in [0.25, 0.3) is 11.8 Å². The maximum Gasteiger partial charge on any atom is 0.277 e. The van der Waals surface area contributed by atoms with E-state index >= 15 is 0 Å². The van der Waals surface area contributed by atoms with Crippen LogP contribution in [0.1, 0.15) is 25.3 Å². The number of nitrogens with zero attached hydrogens (tertiary/aromatic N) is 2. The summed E-state index contributed by atoms with van der Waals surface area (Å²) in [5.74, 6) is -0.932. The highest BCUT2D eigenvalue weighted by Gasteiger charge is 2.41. The summed E-state index contributed by atoms with van der Waals surface area (Å²) in [6.07, 6.45) is 1.77. The number of carbonyl (C=O) groups excluding carboxylic acids is 2. The average molecular weight is 332 g/mol. The minimum absolute atomic E-state index is 0.0648. The van der Waals surface area contributed by atoms with Crippen molar-refractivity contribution in [2.24, 2.45) is 5.92 Å². The van der Waals surface area contributed by atoms with Crippen LogP contribution in [-0.2, 0) is 9.59 Å². The number of hydrogen-bond donors (Lipinski definition) is 1. The van der Waals surface area contributed by atoms with Crippen molar-refractivity contribution in [3.63, 3.8) is 0 Å². The third-order valence-corrected chi connectivity index (χ3v) is 4.69. The topological polar surface area (TPSA) is 60.9 Å². The van der Waals surface area contributed by atoms with Crippen LogP contribution in [0, 0.1) is 11.7 Å². The van der Waals surface area contributed by atoms with Crippen molar-refractivity contribution >= 4 is 17.4 Å². The smallest absolute Gasteiger partial charge is 0.277 e. The number of imide groups is 1. The lowest BCUT2D eigenvalue weighted by Gasteiger charge is -2.34. The fourth-order valence-corrected chi connectivity index (χ4v) is 3.44. The van der Waals surface area contributed by atoms with Crippen molar-refractivity contribution in [3.05, 3.63) is 41.3 Å². The van der Waals surface area contributed by atoms with Crippen molar-refractivity contribution in [3.8, 4) is 0 Å². The fourth-order valence-electron chi connectivity index (χ4n) is 3.44. The molecular formula is C18H21FN2O3. The Kier molecular flexibility index (Phi) is 4.66.